The van der Waals surface area contributed by atoms with Crippen molar-refractivity contribution in [2.24, 2.45) is 13.0 Å². The minimum Gasteiger partial charge on any atom is -0.274 e. The molecule has 138 valence electrons. The van der Waals surface area contributed by atoms with Gasteiger partial charge in [-0.15, -0.1) is 10.2 Å². The van der Waals surface area contributed by atoms with Gasteiger partial charge in [0.05, 0.1) is 10.6 Å². The Morgan fingerprint density at radius 1 is 1.12 bits per heavy atom. The van der Waals surface area contributed by atoms with Crippen LogP contribution in [0, 0.1) is 12.8 Å². The van der Waals surface area contributed by atoms with E-state index in [0.717, 1.165) is 12.0 Å². The summed E-state index contributed by atoms with van der Waals surface area (Å²) in [6.07, 6.45) is 3.85. The maximum atomic E-state index is 12.8. The third-order valence-corrected chi connectivity index (χ3v) is 5.46. The van der Waals surface area contributed by atoms with E-state index in [4.69, 9.17) is 0 Å². The third-order valence-electron chi connectivity index (χ3n) is 4.09. The molecular formula is C17H22N6O2S. The average Bonchev–Trinajstić information content (AvgIpc) is 3.19. The second-order valence-corrected chi connectivity index (χ2v) is 8.31. The van der Waals surface area contributed by atoms with E-state index in [-0.39, 0.29) is 4.90 Å². The second-order valence-electron chi connectivity index (χ2n) is 6.62. The zero-order valence-electron chi connectivity index (χ0n) is 15.2. The van der Waals surface area contributed by atoms with Gasteiger partial charge < -0.3 is 0 Å². The largest absolute Gasteiger partial charge is 0.274 e. The number of nitrogens with one attached hydrogen (secondary N) is 1. The van der Waals surface area contributed by atoms with Gasteiger partial charge in [0, 0.05) is 7.05 Å². The van der Waals surface area contributed by atoms with Gasteiger partial charge in [-0.2, -0.15) is 5.10 Å². The Bertz CT molecular complexity index is 989. The number of sulfonamides is 1. The fourth-order valence-electron chi connectivity index (χ4n) is 2.67. The van der Waals surface area contributed by atoms with Crippen LogP contribution in [0.5, 0.6) is 0 Å². The van der Waals surface area contributed by atoms with Gasteiger partial charge >= 0.3 is 0 Å². The summed E-state index contributed by atoms with van der Waals surface area (Å²) in [5.41, 5.74) is 2.20. The van der Waals surface area contributed by atoms with E-state index in [1.165, 1.54) is 12.7 Å². The van der Waals surface area contributed by atoms with Crippen molar-refractivity contribution in [3.63, 3.8) is 0 Å². The smallest absolute Gasteiger partial charge is 0.262 e. The lowest BCUT2D eigenvalue weighted by Gasteiger charge is -2.11. The minimum atomic E-state index is -3.74. The Kier molecular flexibility index (Phi) is 4.82. The summed E-state index contributed by atoms with van der Waals surface area (Å²) in [5, 5.41) is 11.9. The molecule has 1 aromatic carbocycles. The van der Waals surface area contributed by atoms with Crippen LogP contribution in [-0.2, 0) is 23.5 Å². The van der Waals surface area contributed by atoms with Gasteiger partial charge in [-0.25, -0.2) is 8.42 Å². The number of hydrogen-bond acceptors (Lipinski definition) is 5. The fourth-order valence-corrected chi connectivity index (χ4v) is 3.79. The molecule has 0 fully saturated rings. The molecule has 0 spiro atoms. The lowest BCUT2D eigenvalue weighted by molar-refractivity contribution is 0.601. The Labute approximate surface area is 152 Å². The van der Waals surface area contributed by atoms with Crippen LogP contribution in [0.2, 0.25) is 0 Å². The van der Waals surface area contributed by atoms with E-state index in [0.29, 0.717) is 23.1 Å². The zero-order valence-corrected chi connectivity index (χ0v) is 16.0. The van der Waals surface area contributed by atoms with E-state index in [1.54, 1.807) is 35.4 Å². The number of rotatable bonds is 6. The van der Waals surface area contributed by atoms with Crippen molar-refractivity contribution in [3.05, 3.63) is 48.2 Å². The molecule has 2 aromatic heterocycles. The molecular weight excluding hydrogens is 352 g/mol. The Morgan fingerprint density at radius 2 is 1.73 bits per heavy atom. The van der Waals surface area contributed by atoms with Gasteiger partial charge in [-0.3, -0.25) is 14.0 Å². The van der Waals surface area contributed by atoms with Crippen LogP contribution >= 0.6 is 0 Å². The highest BCUT2D eigenvalue weighted by atomic mass is 32.2. The van der Waals surface area contributed by atoms with Crippen LogP contribution in [0.15, 0.2) is 41.8 Å². The minimum absolute atomic E-state index is 0.211. The van der Waals surface area contributed by atoms with Crippen molar-refractivity contribution < 1.29 is 8.42 Å². The SMILES string of the molecule is Cc1c(NS(=O)(=O)c2ccc(CC(C)C)cc2)c(-n2cnnc2)nn1C. The lowest BCUT2D eigenvalue weighted by atomic mass is 10.0. The predicted octanol–water partition coefficient (Wildman–Crippen LogP) is 2.31. The summed E-state index contributed by atoms with van der Waals surface area (Å²) >= 11 is 0. The zero-order chi connectivity index (χ0) is 18.9. The highest BCUT2D eigenvalue weighted by Crippen LogP contribution is 2.26. The lowest BCUT2D eigenvalue weighted by Crippen LogP contribution is -2.15. The van der Waals surface area contributed by atoms with E-state index >= 15 is 0 Å². The maximum absolute atomic E-state index is 12.8. The Balaban J connectivity index is 1.93. The number of aryl methyl sites for hydroxylation is 1. The van der Waals surface area contributed by atoms with Crippen molar-refractivity contribution in [1.29, 1.82) is 0 Å². The number of aromatic nitrogens is 5. The molecule has 8 nitrogen and oxygen atoms in total. The van der Waals surface area contributed by atoms with Crippen LogP contribution in [0.4, 0.5) is 5.69 Å². The number of anilines is 1. The summed E-state index contributed by atoms with van der Waals surface area (Å²) in [4.78, 5) is 0.211. The first kappa shape index (κ1) is 18.1. The Hall–Kier alpha value is -2.68. The fraction of sp³-hybridized carbons (Fsp3) is 0.353. The number of hydrogen-bond donors (Lipinski definition) is 1. The van der Waals surface area contributed by atoms with Crippen LogP contribution < -0.4 is 4.72 Å². The monoisotopic (exact) mass is 374 g/mol. The van der Waals surface area contributed by atoms with E-state index in [1.807, 2.05) is 12.1 Å². The van der Waals surface area contributed by atoms with Crippen molar-refractivity contribution in [3.8, 4) is 5.82 Å². The van der Waals surface area contributed by atoms with Gasteiger partial charge in [0.15, 0.2) is 5.82 Å². The predicted molar refractivity (Wildman–Crippen MR) is 98.7 cm³/mol. The Morgan fingerprint density at radius 3 is 2.31 bits per heavy atom. The number of benzene rings is 1. The molecule has 0 atom stereocenters. The molecule has 0 saturated carbocycles. The summed E-state index contributed by atoms with van der Waals surface area (Å²) < 4.78 is 31.5. The van der Waals surface area contributed by atoms with Crippen LogP contribution in [0.25, 0.3) is 5.82 Å². The molecule has 0 bridgehead atoms. The number of nitrogens with zero attached hydrogens (tertiary/aromatic N) is 5. The average molecular weight is 374 g/mol. The maximum Gasteiger partial charge on any atom is 0.262 e. The van der Waals surface area contributed by atoms with Crippen molar-refractivity contribution in [1.82, 2.24) is 24.5 Å². The van der Waals surface area contributed by atoms with Gasteiger partial charge in [0.1, 0.15) is 18.3 Å². The molecule has 0 aliphatic rings. The molecule has 0 aliphatic carbocycles. The molecule has 3 rings (SSSR count). The van der Waals surface area contributed by atoms with E-state index < -0.39 is 10.0 Å². The summed E-state index contributed by atoms with van der Waals surface area (Å²) in [7, 11) is -1.99. The van der Waals surface area contributed by atoms with Crippen LogP contribution in [-0.4, -0.2) is 33.0 Å². The standard InChI is InChI=1S/C17H22N6O2S/c1-12(2)9-14-5-7-15(8-6-14)26(24,25)21-16-13(3)22(4)20-17(16)23-10-18-19-11-23/h5-8,10-12,21H,9H2,1-4H3. The third kappa shape index (κ3) is 3.62. The second kappa shape index (κ2) is 6.91. The molecule has 0 unspecified atom stereocenters. The molecule has 26 heavy (non-hydrogen) atoms. The summed E-state index contributed by atoms with van der Waals surface area (Å²) in [6.45, 7) is 6.05. The molecule has 0 radical (unpaired) electrons. The summed E-state index contributed by atoms with van der Waals surface area (Å²) in [5.74, 6) is 0.940. The van der Waals surface area contributed by atoms with E-state index in [2.05, 4.69) is 33.9 Å². The van der Waals surface area contributed by atoms with Gasteiger partial charge in [0.2, 0.25) is 0 Å². The molecule has 9 heteroatoms. The molecule has 3 aromatic rings. The first-order valence-corrected chi connectivity index (χ1v) is 9.76. The van der Waals surface area contributed by atoms with E-state index in [9.17, 15) is 8.42 Å². The van der Waals surface area contributed by atoms with Crippen molar-refractivity contribution in [2.75, 3.05) is 4.72 Å². The molecule has 0 saturated heterocycles. The first-order valence-electron chi connectivity index (χ1n) is 8.28. The molecule has 1 N–H and O–H groups in total. The van der Waals surface area contributed by atoms with Gasteiger partial charge in [-0.1, -0.05) is 26.0 Å². The normalized spacial score (nSPS) is 11.9. The molecule has 2 heterocycles. The van der Waals surface area contributed by atoms with Gasteiger partial charge in [-0.05, 0) is 37.0 Å². The van der Waals surface area contributed by atoms with Crippen LogP contribution in [0.1, 0.15) is 25.1 Å². The quantitative estimate of drug-likeness (QED) is 0.714. The summed E-state index contributed by atoms with van der Waals surface area (Å²) in [6, 6.07) is 6.96. The van der Waals surface area contributed by atoms with Gasteiger partial charge in [0.25, 0.3) is 10.0 Å². The highest BCUT2D eigenvalue weighted by molar-refractivity contribution is 7.92. The first-order chi connectivity index (χ1) is 12.3. The van der Waals surface area contributed by atoms with Crippen molar-refractivity contribution >= 4 is 15.7 Å². The highest BCUT2D eigenvalue weighted by Gasteiger charge is 2.22. The molecule has 0 aliphatic heterocycles. The molecule has 0 amide bonds. The van der Waals surface area contributed by atoms with Crippen molar-refractivity contribution in [2.45, 2.75) is 32.1 Å². The van der Waals surface area contributed by atoms with Crippen LogP contribution in [0.3, 0.4) is 0 Å². The topological polar surface area (TPSA) is 94.7 Å².